The summed E-state index contributed by atoms with van der Waals surface area (Å²) in [6.45, 7) is 0. The van der Waals surface area contributed by atoms with Crippen LogP contribution in [0.5, 0.6) is 0 Å². The van der Waals surface area contributed by atoms with Crippen LogP contribution in [0.1, 0.15) is 11.1 Å². The smallest absolute Gasteiger partial charge is 0.160 e. The number of para-hydroxylation sites is 1. The van der Waals surface area contributed by atoms with Crippen LogP contribution in [0.2, 0.25) is 0 Å². The summed E-state index contributed by atoms with van der Waals surface area (Å²) in [5.41, 5.74) is 6.08. The molecule has 2 N–H and O–H groups in total. The monoisotopic (exact) mass is 410 g/mol. The fraction of sp³-hybridized carbons (Fsp3) is 0. The Balaban J connectivity index is 1.57. The zero-order chi connectivity index (χ0) is 21.7. The van der Waals surface area contributed by atoms with E-state index in [4.69, 9.17) is 20.8 Å². The number of nitrogens with one attached hydrogen (secondary N) is 2. The minimum Gasteiger partial charge on any atom is -0.299 e. The Morgan fingerprint density at radius 2 is 1.44 bits per heavy atom. The SMILES string of the molecule is N=C1C=Cc2ccc3cc(-c4nc(-c5ccccc5)c5ccccc5n4)ccc3c2C1=N. The van der Waals surface area contributed by atoms with E-state index in [0.717, 1.165) is 49.6 Å². The van der Waals surface area contributed by atoms with E-state index in [1.54, 1.807) is 6.08 Å². The highest BCUT2D eigenvalue weighted by atomic mass is 14.9. The van der Waals surface area contributed by atoms with E-state index < -0.39 is 0 Å². The van der Waals surface area contributed by atoms with Crippen LogP contribution in [0.4, 0.5) is 0 Å². The Bertz CT molecular complexity index is 1600. The Hall–Kier alpha value is -4.44. The van der Waals surface area contributed by atoms with E-state index in [1.165, 1.54) is 0 Å². The maximum absolute atomic E-state index is 8.39. The molecule has 0 saturated carbocycles. The van der Waals surface area contributed by atoms with Crippen molar-refractivity contribution in [3.8, 4) is 22.6 Å². The lowest BCUT2D eigenvalue weighted by Crippen LogP contribution is -2.16. The Labute approximate surface area is 184 Å². The molecule has 0 bridgehead atoms. The fourth-order valence-corrected chi connectivity index (χ4v) is 4.32. The summed E-state index contributed by atoms with van der Waals surface area (Å²) in [5.74, 6) is 0.671. The largest absolute Gasteiger partial charge is 0.299 e. The number of allylic oxidation sites excluding steroid dienone is 1. The van der Waals surface area contributed by atoms with Crippen LogP contribution in [0.3, 0.4) is 0 Å². The van der Waals surface area contributed by atoms with Crippen molar-refractivity contribution in [1.82, 2.24) is 9.97 Å². The zero-order valence-electron chi connectivity index (χ0n) is 17.1. The Kier molecular flexibility index (Phi) is 4.05. The first kappa shape index (κ1) is 18.3. The van der Waals surface area contributed by atoms with Gasteiger partial charge in [-0.05, 0) is 34.5 Å². The van der Waals surface area contributed by atoms with Gasteiger partial charge in [-0.15, -0.1) is 0 Å². The predicted octanol–water partition coefficient (Wildman–Crippen LogP) is 6.53. The van der Waals surface area contributed by atoms with Crippen LogP contribution < -0.4 is 0 Å². The molecule has 0 fully saturated rings. The molecule has 0 spiro atoms. The summed E-state index contributed by atoms with van der Waals surface area (Å²) in [6, 6.07) is 28.4. The van der Waals surface area contributed by atoms with Gasteiger partial charge < -0.3 is 0 Å². The lowest BCUT2D eigenvalue weighted by Gasteiger charge is -2.16. The average Bonchev–Trinajstić information content (AvgIpc) is 2.85. The van der Waals surface area contributed by atoms with Crippen molar-refractivity contribution in [2.24, 2.45) is 0 Å². The first-order chi connectivity index (χ1) is 15.7. The summed E-state index contributed by atoms with van der Waals surface area (Å²) < 4.78 is 0. The van der Waals surface area contributed by atoms with Gasteiger partial charge >= 0.3 is 0 Å². The van der Waals surface area contributed by atoms with E-state index in [9.17, 15) is 0 Å². The highest BCUT2D eigenvalue weighted by Gasteiger charge is 2.18. The Morgan fingerprint density at radius 3 is 2.31 bits per heavy atom. The maximum atomic E-state index is 8.39. The highest BCUT2D eigenvalue weighted by molar-refractivity contribution is 6.53. The quantitative estimate of drug-likeness (QED) is 0.347. The van der Waals surface area contributed by atoms with Crippen LogP contribution in [-0.4, -0.2) is 21.4 Å². The van der Waals surface area contributed by atoms with Crippen molar-refractivity contribution in [2.75, 3.05) is 0 Å². The second-order valence-electron chi connectivity index (χ2n) is 7.87. The number of hydrogen-bond donors (Lipinski definition) is 2. The van der Waals surface area contributed by atoms with Gasteiger partial charge in [-0.3, -0.25) is 10.8 Å². The topological polar surface area (TPSA) is 73.5 Å². The first-order valence-electron chi connectivity index (χ1n) is 10.4. The number of aromatic nitrogens is 2. The normalized spacial score (nSPS) is 13.0. The van der Waals surface area contributed by atoms with E-state index in [0.29, 0.717) is 5.82 Å². The minimum absolute atomic E-state index is 0.236. The molecule has 1 aliphatic rings. The number of rotatable bonds is 2. The summed E-state index contributed by atoms with van der Waals surface area (Å²) >= 11 is 0. The molecular weight excluding hydrogens is 392 g/mol. The second-order valence-corrected chi connectivity index (χ2v) is 7.87. The molecule has 0 aliphatic heterocycles. The van der Waals surface area contributed by atoms with Gasteiger partial charge in [0, 0.05) is 22.1 Å². The zero-order valence-corrected chi connectivity index (χ0v) is 17.1. The van der Waals surface area contributed by atoms with Gasteiger partial charge in [0.05, 0.1) is 22.6 Å². The van der Waals surface area contributed by atoms with Crippen LogP contribution in [-0.2, 0) is 0 Å². The minimum atomic E-state index is 0.236. The second kappa shape index (κ2) is 7.06. The van der Waals surface area contributed by atoms with Crippen LogP contribution in [0, 0.1) is 10.8 Å². The summed E-state index contributed by atoms with van der Waals surface area (Å²) in [4.78, 5) is 9.82. The summed E-state index contributed by atoms with van der Waals surface area (Å²) in [7, 11) is 0. The molecule has 6 rings (SSSR count). The molecule has 0 saturated heterocycles. The molecule has 0 atom stereocenters. The van der Waals surface area contributed by atoms with Gasteiger partial charge in [0.15, 0.2) is 5.82 Å². The first-order valence-corrected chi connectivity index (χ1v) is 10.4. The lowest BCUT2D eigenvalue weighted by molar-refractivity contribution is 1.23. The molecule has 4 aromatic carbocycles. The molecule has 4 heteroatoms. The predicted molar refractivity (Wildman–Crippen MR) is 132 cm³/mol. The van der Waals surface area contributed by atoms with Crippen molar-refractivity contribution >= 4 is 39.2 Å². The lowest BCUT2D eigenvalue weighted by atomic mass is 9.89. The average molecular weight is 410 g/mol. The van der Waals surface area contributed by atoms with Gasteiger partial charge in [0.1, 0.15) is 0 Å². The molecule has 4 nitrogen and oxygen atoms in total. The van der Waals surface area contributed by atoms with Crippen molar-refractivity contribution in [1.29, 1.82) is 10.8 Å². The van der Waals surface area contributed by atoms with Gasteiger partial charge in [0.2, 0.25) is 0 Å². The van der Waals surface area contributed by atoms with Gasteiger partial charge in [-0.1, -0.05) is 78.9 Å². The standard InChI is InChI=1S/C28H18N4/c29-23-15-13-17-10-11-19-16-20(12-14-21(19)25(17)26(23)30)28-31-24-9-5-4-8-22(24)27(32-28)18-6-2-1-3-7-18/h1-16,29-30H. The van der Waals surface area contributed by atoms with E-state index >= 15 is 0 Å². The van der Waals surface area contributed by atoms with Crippen molar-refractivity contribution in [3.05, 3.63) is 102 Å². The van der Waals surface area contributed by atoms with Gasteiger partial charge in [-0.2, -0.15) is 0 Å². The molecule has 1 aliphatic carbocycles. The molecule has 32 heavy (non-hydrogen) atoms. The molecule has 150 valence electrons. The third-order valence-electron chi connectivity index (χ3n) is 5.91. The fourth-order valence-electron chi connectivity index (χ4n) is 4.32. The van der Waals surface area contributed by atoms with Crippen LogP contribution >= 0.6 is 0 Å². The van der Waals surface area contributed by atoms with Crippen LogP contribution in [0.15, 0.2) is 91.0 Å². The number of benzene rings is 4. The summed E-state index contributed by atoms with van der Waals surface area (Å²) in [5, 5.41) is 19.4. The van der Waals surface area contributed by atoms with Crippen LogP contribution in [0.25, 0.3) is 50.4 Å². The highest BCUT2D eigenvalue weighted by Crippen LogP contribution is 2.32. The molecule has 5 aromatic rings. The van der Waals surface area contributed by atoms with Crippen molar-refractivity contribution in [3.63, 3.8) is 0 Å². The van der Waals surface area contributed by atoms with E-state index in [2.05, 4.69) is 30.3 Å². The summed E-state index contributed by atoms with van der Waals surface area (Å²) in [6.07, 6.45) is 3.58. The van der Waals surface area contributed by atoms with Gasteiger partial charge in [-0.25, -0.2) is 9.97 Å². The third-order valence-corrected chi connectivity index (χ3v) is 5.91. The number of nitrogens with zero attached hydrogens (tertiary/aromatic N) is 2. The van der Waals surface area contributed by atoms with E-state index in [-0.39, 0.29) is 11.4 Å². The molecule has 0 unspecified atom stereocenters. The maximum Gasteiger partial charge on any atom is 0.160 e. The Morgan fingerprint density at radius 1 is 0.625 bits per heavy atom. The molecule has 1 aromatic heterocycles. The molecular formula is C28H18N4. The third kappa shape index (κ3) is 2.85. The molecule has 0 amide bonds. The number of fused-ring (bicyclic) bond motifs is 4. The van der Waals surface area contributed by atoms with E-state index in [1.807, 2.05) is 60.7 Å². The van der Waals surface area contributed by atoms with Crippen molar-refractivity contribution < 1.29 is 0 Å². The van der Waals surface area contributed by atoms with Crippen molar-refractivity contribution in [2.45, 2.75) is 0 Å². The molecule has 0 radical (unpaired) electrons. The molecule has 1 heterocycles. The van der Waals surface area contributed by atoms with Gasteiger partial charge in [0.25, 0.3) is 0 Å². The number of hydrogen-bond acceptors (Lipinski definition) is 4.